The molecule has 0 radical (unpaired) electrons. The normalized spacial score (nSPS) is 24.2. The number of benzene rings is 1. The molecule has 1 saturated carbocycles. The molecule has 1 fully saturated rings. The fourth-order valence-corrected chi connectivity index (χ4v) is 3.19. The molecule has 0 saturated heterocycles. The second-order valence-electron chi connectivity index (χ2n) is 6.84. The fourth-order valence-electron chi connectivity index (χ4n) is 3.19. The first-order chi connectivity index (χ1) is 8.88. The minimum absolute atomic E-state index is 0.382. The minimum atomic E-state index is -0.844. The number of rotatable bonds is 2. The van der Waals surface area contributed by atoms with Crippen molar-refractivity contribution in [2.75, 3.05) is 0 Å². The van der Waals surface area contributed by atoms with Gasteiger partial charge in [-0.05, 0) is 60.6 Å². The summed E-state index contributed by atoms with van der Waals surface area (Å²) in [4.78, 5) is 10.8. The maximum Gasteiger partial charge on any atom is 0.335 e. The lowest BCUT2D eigenvalue weighted by Crippen LogP contribution is -2.25. The summed E-state index contributed by atoms with van der Waals surface area (Å²) in [5, 5.41) is 8.91. The zero-order valence-electron chi connectivity index (χ0n) is 12.1. The Hall–Kier alpha value is -1.31. The van der Waals surface area contributed by atoms with Crippen molar-refractivity contribution in [3.63, 3.8) is 0 Å². The van der Waals surface area contributed by atoms with Crippen LogP contribution in [0, 0.1) is 11.3 Å². The lowest BCUT2D eigenvalue weighted by molar-refractivity contribution is 0.0697. The van der Waals surface area contributed by atoms with Crippen molar-refractivity contribution in [3.8, 4) is 0 Å². The van der Waals surface area contributed by atoms with Gasteiger partial charge in [0, 0.05) is 0 Å². The largest absolute Gasteiger partial charge is 0.478 e. The first-order valence-electron chi connectivity index (χ1n) is 7.21. The molecule has 19 heavy (non-hydrogen) atoms. The molecular weight excluding hydrogens is 236 g/mol. The fraction of sp³-hybridized carbons (Fsp3) is 0.588. The van der Waals surface area contributed by atoms with Gasteiger partial charge in [0.15, 0.2) is 0 Å². The molecule has 2 rings (SSSR count). The van der Waals surface area contributed by atoms with Gasteiger partial charge in [0.25, 0.3) is 0 Å². The summed E-state index contributed by atoms with van der Waals surface area (Å²) in [6.45, 7) is 7.00. The molecule has 1 aromatic carbocycles. The van der Waals surface area contributed by atoms with Gasteiger partial charge in [-0.15, -0.1) is 0 Å². The van der Waals surface area contributed by atoms with E-state index >= 15 is 0 Å². The van der Waals surface area contributed by atoms with Crippen molar-refractivity contribution in [2.24, 2.45) is 11.3 Å². The summed E-state index contributed by atoms with van der Waals surface area (Å²) in [5.41, 5.74) is 2.10. The van der Waals surface area contributed by atoms with Crippen molar-refractivity contribution in [1.82, 2.24) is 0 Å². The standard InChI is InChI=1S/C17H24O2/c1-17(2,3)15-10-8-13(9-11-15)12-4-6-14(7-5-12)16(18)19/h4-7,13,15H,8-11H2,1-3H3,(H,18,19). The number of hydrogen-bond acceptors (Lipinski definition) is 1. The molecule has 0 bridgehead atoms. The van der Waals surface area contributed by atoms with Crippen LogP contribution in [0.4, 0.5) is 0 Å². The maximum atomic E-state index is 10.8. The number of hydrogen-bond donors (Lipinski definition) is 1. The van der Waals surface area contributed by atoms with Crippen molar-refractivity contribution in [2.45, 2.75) is 52.4 Å². The van der Waals surface area contributed by atoms with E-state index in [2.05, 4.69) is 20.8 Å². The zero-order valence-corrected chi connectivity index (χ0v) is 12.1. The van der Waals surface area contributed by atoms with Crippen molar-refractivity contribution >= 4 is 5.97 Å². The van der Waals surface area contributed by atoms with Crippen LogP contribution in [0.1, 0.15) is 68.3 Å². The predicted octanol–water partition coefficient (Wildman–Crippen LogP) is 4.70. The number of carboxylic acid groups (broad SMARTS) is 1. The molecule has 0 amide bonds. The van der Waals surface area contributed by atoms with Crippen LogP contribution in [0.2, 0.25) is 0 Å². The lowest BCUT2D eigenvalue weighted by Gasteiger charge is -2.37. The molecule has 2 heteroatoms. The Morgan fingerprint density at radius 3 is 2.00 bits per heavy atom. The van der Waals surface area contributed by atoms with E-state index in [9.17, 15) is 4.79 Å². The molecule has 0 atom stereocenters. The van der Waals surface area contributed by atoms with Gasteiger partial charge in [0.05, 0.1) is 5.56 Å². The second-order valence-corrected chi connectivity index (χ2v) is 6.84. The quantitative estimate of drug-likeness (QED) is 0.836. The first kappa shape index (κ1) is 14.1. The summed E-state index contributed by atoms with van der Waals surface area (Å²) >= 11 is 0. The van der Waals surface area contributed by atoms with Gasteiger partial charge < -0.3 is 5.11 Å². The Kier molecular flexibility index (Phi) is 3.98. The number of carbonyl (C=O) groups is 1. The van der Waals surface area contributed by atoms with Gasteiger partial charge in [-0.1, -0.05) is 32.9 Å². The van der Waals surface area contributed by atoms with E-state index in [1.54, 1.807) is 12.1 Å². The molecule has 0 heterocycles. The van der Waals surface area contributed by atoms with Crippen molar-refractivity contribution in [3.05, 3.63) is 35.4 Å². The Labute approximate surface area is 115 Å². The van der Waals surface area contributed by atoms with Crippen LogP contribution in [0.5, 0.6) is 0 Å². The molecule has 1 N–H and O–H groups in total. The summed E-state index contributed by atoms with van der Waals surface area (Å²) in [6, 6.07) is 7.44. The van der Waals surface area contributed by atoms with Crippen LogP contribution in [0.15, 0.2) is 24.3 Å². The van der Waals surface area contributed by atoms with E-state index in [4.69, 9.17) is 5.11 Å². The first-order valence-corrected chi connectivity index (χ1v) is 7.21. The van der Waals surface area contributed by atoms with E-state index in [1.807, 2.05) is 12.1 Å². The summed E-state index contributed by atoms with van der Waals surface area (Å²) in [5.74, 6) is 0.589. The van der Waals surface area contributed by atoms with E-state index in [0.717, 1.165) is 5.92 Å². The average molecular weight is 260 g/mol. The molecule has 0 aromatic heterocycles. The molecule has 2 nitrogen and oxygen atoms in total. The topological polar surface area (TPSA) is 37.3 Å². The van der Waals surface area contributed by atoms with Crippen LogP contribution in [0.3, 0.4) is 0 Å². The third-order valence-corrected chi connectivity index (χ3v) is 4.58. The highest BCUT2D eigenvalue weighted by Crippen LogP contribution is 2.43. The Bertz CT molecular complexity index is 431. The van der Waals surface area contributed by atoms with Gasteiger partial charge in [-0.3, -0.25) is 0 Å². The SMILES string of the molecule is CC(C)(C)C1CCC(c2ccc(C(=O)O)cc2)CC1. The monoisotopic (exact) mass is 260 g/mol. The Morgan fingerprint density at radius 2 is 1.58 bits per heavy atom. The van der Waals surface area contributed by atoms with E-state index in [1.165, 1.54) is 31.2 Å². The molecule has 1 aliphatic rings. The lowest BCUT2D eigenvalue weighted by atomic mass is 9.68. The number of aromatic carboxylic acids is 1. The molecule has 1 aromatic rings. The van der Waals surface area contributed by atoms with E-state index in [0.29, 0.717) is 16.9 Å². The van der Waals surface area contributed by atoms with Crippen LogP contribution in [-0.4, -0.2) is 11.1 Å². The van der Waals surface area contributed by atoms with Gasteiger partial charge in [0.1, 0.15) is 0 Å². The second kappa shape index (κ2) is 5.36. The molecular formula is C17H24O2. The minimum Gasteiger partial charge on any atom is -0.478 e. The highest BCUT2D eigenvalue weighted by Gasteiger charge is 2.30. The predicted molar refractivity (Wildman–Crippen MR) is 77.6 cm³/mol. The molecule has 1 aliphatic carbocycles. The molecule has 104 valence electrons. The maximum absolute atomic E-state index is 10.8. The van der Waals surface area contributed by atoms with Crippen LogP contribution < -0.4 is 0 Å². The number of carboxylic acids is 1. The van der Waals surface area contributed by atoms with Gasteiger partial charge in [-0.2, -0.15) is 0 Å². The van der Waals surface area contributed by atoms with Gasteiger partial charge in [-0.25, -0.2) is 4.79 Å². The van der Waals surface area contributed by atoms with Crippen LogP contribution in [-0.2, 0) is 0 Å². The average Bonchev–Trinajstić information content (AvgIpc) is 2.38. The Morgan fingerprint density at radius 1 is 1.05 bits per heavy atom. The van der Waals surface area contributed by atoms with Gasteiger partial charge >= 0.3 is 5.97 Å². The smallest absolute Gasteiger partial charge is 0.335 e. The van der Waals surface area contributed by atoms with Crippen LogP contribution >= 0.6 is 0 Å². The summed E-state index contributed by atoms with van der Waals surface area (Å²) < 4.78 is 0. The summed E-state index contributed by atoms with van der Waals surface area (Å²) in [7, 11) is 0. The molecule has 0 unspecified atom stereocenters. The molecule has 0 spiro atoms. The summed E-state index contributed by atoms with van der Waals surface area (Å²) in [6.07, 6.45) is 5.03. The van der Waals surface area contributed by atoms with Crippen LogP contribution in [0.25, 0.3) is 0 Å². The van der Waals surface area contributed by atoms with E-state index in [-0.39, 0.29) is 0 Å². The third kappa shape index (κ3) is 3.37. The highest BCUT2D eigenvalue weighted by atomic mass is 16.4. The van der Waals surface area contributed by atoms with E-state index < -0.39 is 5.97 Å². The van der Waals surface area contributed by atoms with Crippen molar-refractivity contribution < 1.29 is 9.90 Å². The zero-order chi connectivity index (χ0) is 14.0. The van der Waals surface area contributed by atoms with Crippen molar-refractivity contribution in [1.29, 1.82) is 0 Å². The Balaban J connectivity index is 2.00. The highest BCUT2D eigenvalue weighted by molar-refractivity contribution is 5.87. The van der Waals surface area contributed by atoms with Gasteiger partial charge in [0.2, 0.25) is 0 Å². The molecule has 0 aliphatic heterocycles. The third-order valence-electron chi connectivity index (χ3n) is 4.58.